The van der Waals surface area contributed by atoms with Crippen molar-refractivity contribution in [1.29, 1.82) is 0 Å². The van der Waals surface area contributed by atoms with Gasteiger partial charge >= 0.3 is 6.18 Å². The molecule has 0 fully saturated rings. The van der Waals surface area contributed by atoms with Gasteiger partial charge in [-0.1, -0.05) is 13.8 Å². The number of methoxy groups -OCH3 is 1. The topological polar surface area (TPSA) is 132 Å². The summed E-state index contributed by atoms with van der Waals surface area (Å²) in [4.78, 5) is 23.9. The van der Waals surface area contributed by atoms with Crippen LogP contribution in [0.2, 0.25) is 0 Å². The van der Waals surface area contributed by atoms with Crippen molar-refractivity contribution in [2.24, 2.45) is 11.7 Å². The molecule has 0 unspecified atom stereocenters. The first kappa shape index (κ1) is 21.4. The minimum atomic E-state index is -4.56. The number of nitrogens with two attached hydrogens (primary N) is 1. The number of primary amides is 1. The first-order valence-corrected chi connectivity index (χ1v) is 8.92. The number of pyridine rings is 1. The molecule has 0 aromatic carbocycles. The van der Waals surface area contributed by atoms with Gasteiger partial charge in [0, 0.05) is 17.1 Å². The van der Waals surface area contributed by atoms with Gasteiger partial charge in [0.1, 0.15) is 16.9 Å². The SMILES string of the molecule is COc1cnc2[nH]cc(-c3nncc([C@](NCC(F)(F)F)(C(N)=O)C(C)C)n3)c2c1. The lowest BCUT2D eigenvalue weighted by molar-refractivity contribution is -0.139. The average Bonchev–Trinajstić information content (AvgIpc) is 3.10. The number of rotatable bonds is 7. The Hall–Kier alpha value is -3.28. The number of ether oxygens (including phenoxy) is 1. The van der Waals surface area contributed by atoms with Crippen LogP contribution in [0.4, 0.5) is 13.2 Å². The molecule has 3 aromatic heterocycles. The second-order valence-corrected chi connectivity index (χ2v) is 6.93. The van der Waals surface area contributed by atoms with Crippen LogP contribution in [0.1, 0.15) is 19.5 Å². The first-order valence-electron chi connectivity index (χ1n) is 8.92. The van der Waals surface area contributed by atoms with Gasteiger partial charge in [0.25, 0.3) is 0 Å². The normalized spacial score (nSPS) is 14.1. The molecule has 0 aliphatic heterocycles. The average molecular weight is 423 g/mol. The molecule has 1 amide bonds. The van der Waals surface area contributed by atoms with Crippen LogP contribution in [0, 0.1) is 5.92 Å². The maximum Gasteiger partial charge on any atom is 0.401 e. The molecule has 30 heavy (non-hydrogen) atoms. The number of hydrogen-bond donors (Lipinski definition) is 3. The smallest absolute Gasteiger partial charge is 0.401 e. The molecular weight excluding hydrogens is 403 g/mol. The molecule has 0 spiro atoms. The van der Waals surface area contributed by atoms with Gasteiger partial charge in [-0.2, -0.15) is 18.3 Å². The Morgan fingerprint density at radius 2 is 2.07 bits per heavy atom. The first-order chi connectivity index (χ1) is 14.1. The molecule has 0 bridgehead atoms. The van der Waals surface area contributed by atoms with Crippen molar-refractivity contribution in [1.82, 2.24) is 30.5 Å². The zero-order chi connectivity index (χ0) is 22.1. The number of alkyl halides is 3. The second-order valence-electron chi connectivity index (χ2n) is 6.93. The number of carbonyl (C=O) groups excluding carboxylic acids is 1. The van der Waals surface area contributed by atoms with Crippen molar-refractivity contribution >= 4 is 16.9 Å². The molecule has 1 atom stereocenters. The molecule has 4 N–H and O–H groups in total. The van der Waals surface area contributed by atoms with Gasteiger partial charge in [-0.05, 0) is 12.0 Å². The Kier molecular flexibility index (Phi) is 5.61. The number of nitrogens with one attached hydrogen (secondary N) is 2. The largest absolute Gasteiger partial charge is 0.495 e. The van der Waals surface area contributed by atoms with Crippen LogP contribution >= 0.6 is 0 Å². The van der Waals surface area contributed by atoms with Gasteiger partial charge in [0.2, 0.25) is 5.91 Å². The third-order valence-electron chi connectivity index (χ3n) is 4.77. The highest BCUT2D eigenvalue weighted by molar-refractivity contribution is 5.92. The maximum absolute atomic E-state index is 12.9. The van der Waals surface area contributed by atoms with Crippen LogP contribution in [0.3, 0.4) is 0 Å². The number of amides is 1. The number of fused-ring (bicyclic) bond motifs is 1. The van der Waals surface area contributed by atoms with Crippen molar-refractivity contribution in [3.63, 3.8) is 0 Å². The molecule has 0 saturated heterocycles. The third-order valence-corrected chi connectivity index (χ3v) is 4.77. The Morgan fingerprint density at radius 1 is 1.33 bits per heavy atom. The van der Waals surface area contributed by atoms with Gasteiger partial charge in [-0.15, -0.1) is 5.10 Å². The fraction of sp³-hybridized carbons (Fsp3) is 0.389. The molecule has 9 nitrogen and oxygen atoms in total. The molecule has 0 aliphatic carbocycles. The van der Waals surface area contributed by atoms with Crippen molar-refractivity contribution in [2.45, 2.75) is 25.6 Å². The monoisotopic (exact) mass is 423 g/mol. The Labute approximate surface area is 169 Å². The van der Waals surface area contributed by atoms with Crippen LogP contribution < -0.4 is 15.8 Å². The lowest BCUT2D eigenvalue weighted by Gasteiger charge is -2.35. The highest BCUT2D eigenvalue weighted by Crippen LogP contribution is 2.32. The molecule has 3 heterocycles. The van der Waals surface area contributed by atoms with E-state index in [9.17, 15) is 18.0 Å². The molecule has 3 rings (SSSR count). The summed E-state index contributed by atoms with van der Waals surface area (Å²) >= 11 is 0. The van der Waals surface area contributed by atoms with E-state index in [2.05, 4.69) is 30.5 Å². The van der Waals surface area contributed by atoms with E-state index in [1.807, 2.05) is 0 Å². The van der Waals surface area contributed by atoms with Gasteiger partial charge < -0.3 is 15.5 Å². The van der Waals surface area contributed by atoms with Crippen LogP contribution in [0.5, 0.6) is 5.75 Å². The number of aromatic nitrogens is 5. The van der Waals surface area contributed by atoms with Crippen molar-refractivity contribution in [2.75, 3.05) is 13.7 Å². The van der Waals surface area contributed by atoms with Gasteiger partial charge in [0.15, 0.2) is 5.82 Å². The van der Waals surface area contributed by atoms with E-state index < -0.39 is 30.1 Å². The summed E-state index contributed by atoms with van der Waals surface area (Å²) in [5.41, 5.74) is 4.59. The van der Waals surface area contributed by atoms with E-state index >= 15 is 0 Å². The molecule has 3 aromatic rings. The van der Waals surface area contributed by atoms with E-state index in [1.54, 1.807) is 26.1 Å². The fourth-order valence-electron chi connectivity index (χ4n) is 3.22. The van der Waals surface area contributed by atoms with Crippen LogP contribution in [-0.4, -0.2) is 50.9 Å². The van der Waals surface area contributed by atoms with Crippen LogP contribution in [0.25, 0.3) is 22.4 Å². The number of nitrogens with zero attached hydrogens (tertiary/aromatic N) is 4. The molecule has 0 radical (unpaired) electrons. The summed E-state index contributed by atoms with van der Waals surface area (Å²) in [6, 6.07) is 1.70. The summed E-state index contributed by atoms with van der Waals surface area (Å²) in [5.74, 6) is -1.08. The van der Waals surface area contributed by atoms with Gasteiger partial charge in [-0.3, -0.25) is 10.1 Å². The van der Waals surface area contributed by atoms with E-state index in [-0.39, 0.29) is 11.5 Å². The Morgan fingerprint density at radius 3 is 2.67 bits per heavy atom. The Bertz CT molecular complexity index is 1070. The minimum absolute atomic E-state index is 0.0653. The van der Waals surface area contributed by atoms with Crippen LogP contribution in [0.15, 0.2) is 24.7 Å². The van der Waals surface area contributed by atoms with E-state index in [4.69, 9.17) is 10.5 Å². The van der Waals surface area contributed by atoms with Gasteiger partial charge in [-0.25, -0.2) is 9.97 Å². The van der Waals surface area contributed by atoms with Crippen molar-refractivity contribution < 1.29 is 22.7 Å². The van der Waals surface area contributed by atoms with E-state index in [0.717, 1.165) is 6.20 Å². The van der Waals surface area contributed by atoms with Gasteiger partial charge in [0.05, 0.1) is 31.7 Å². The predicted octanol–water partition coefficient (Wildman–Crippen LogP) is 1.91. The highest BCUT2D eigenvalue weighted by atomic mass is 19.4. The molecule has 160 valence electrons. The summed E-state index contributed by atoms with van der Waals surface area (Å²) in [6.07, 6.45) is -0.318. The zero-order valence-corrected chi connectivity index (χ0v) is 16.4. The lowest BCUT2D eigenvalue weighted by atomic mass is 9.82. The Balaban J connectivity index is 2.13. The number of carbonyl (C=O) groups is 1. The molecule has 0 saturated carbocycles. The number of halogens is 3. The molecular formula is C18H20F3N7O2. The summed E-state index contributed by atoms with van der Waals surface area (Å²) < 4.78 is 43.9. The standard InChI is InChI=1S/C18H20F3N7O2/c1-9(2)18(16(22)29,25-8-17(19,20)21)13-7-26-28-15(27-13)12-6-24-14-11(12)4-10(30-3)5-23-14/h4-7,9,25H,8H2,1-3H3,(H2,22,29)(H,23,24)/t18-/m0/s1. The van der Waals surface area contributed by atoms with Crippen LogP contribution in [-0.2, 0) is 10.3 Å². The van der Waals surface area contributed by atoms with Crippen molar-refractivity contribution in [3.05, 3.63) is 30.4 Å². The minimum Gasteiger partial charge on any atom is -0.495 e. The van der Waals surface area contributed by atoms with E-state index in [1.165, 1.54) is 13.3 Å². The third kappa shape index (κ3) is 3.90. The quantitative estimate of drug-likeness (QED) is 0.529. The maximum atomic E-state index is 12.9. The molecule has 12 heteroatoms. The summed E-state index contributed by atoms with van der Waals surface area (Å²) in [6.45, 7) is 1.70. The van der Waals surface area contributed by atoms with E-state index in [0.29, 0.717) is 22.3 Å². The summed E-state index contributed by atoms with van der Waals surface area (Å²) in [7, 11) is 1.49. The number of aromatic amines is 1. The second kappa shape index (κ2) is 7.86. The predicted molar refractivity (Wildman–Crippen MR) is 101 cm³/mol. The number of hydrogen-bond acceptors (Lipinski definition) is 7. The number of H-pyrrole nitrogens is 1. The fourth-order valence-corrected chi connectivity index (χ4v) is 3.22. The zero-order valence-electron chi connectivity index (χ0n) is 16.4. The lowest BCUT2D eigenvalue weighted by Crippen LogP contribution is -2.58. The highest BCUT2D eigenvalue weighted by Gasteiger charge is 2.46. The summed E-state index contributed by atoms with van der Waals surface area (Å²) in [5, 5.41) is 10.7. The molecule has 0 aliphatic rings. The van der Waals surface area contributed by atoms with Crippen molar-refractivity contribution in [3.8, 4) is 17.1 Å².